The zero-order valence-electron chi connectivity index (χ0n) is 27.3. The first-order valence-electron chi connectivity index (χ1n) is 18.3. The molecule has 0 unspecified atom stereocenters. The Balaban J connectivity index is 3.09. The lowest BCUT2D eigenvalue weighted by Gasteiger charge is -2.05. The summed E-state index contributed by atoms with van der Waals surface area (Å²) in [6, 6.07) is 0. The second-order valence-corrected chi connectivity index (χ2v) is 12.2. The summed E-state index contributed by atoms with van der Waals surface area (Å²) in [5, 5.41) is 0. The van der Waals surface area contributed by atoms with Gasteiger partial charge in [-0.15, -0.1) is 0 Å². The molecule has 0 aromatic rings. The van der Waals surface area contributed by atoms with Gasteiger partial charge in [-0.1, -0.05) is 167 Å². The van der Waals surface area contributed by atoms with Gasteiger partial charge in [-0.3, -0.25) is 0 Å². The molecule has 0 N–H and O–H groups in total. The third kappa shape index (κ3) is 37.4. The van der Waals surface area contributed by atoms with Gasteiger partial charge in [0.05, 0.1) is 0 Å². The first kappa shape index (κ1) is 38.4. The quantitative estimate of drug-likeness (QED) is 0.0576. The summed E-state index contributed by atoms with van der Waals surface area (Å²) in [7, 11) is 0. The fourth-order valence-electron chi connectivity index (χ4n) is 5.36. The van der Waals surface area contributed by atoms with Gasteiger partial charge in [-0.05, 0) is 64.2 Å². The molecule has 0 aliphatic carbocycles. The first-order valence-corrected chi connectivity index (χ1v) is 18.3. The molecule has 0 aromatic carbocycles. The number of unbranched alkanes of at least 4 members (excludes halogenated alkanes) is 26. The highest BCUT2D eigenvalue weighted by atomic mass is 16.5. The second kappa shape index (κ2) is 37.4. The molecule has 0 saturated heterocycles. The monoisotopic (exact) mass is 547 g/mol. The van der Waals surface area contributed by atoms with Crippen LogP contribution in [0.15, 0.2) is 24.3 Å². The Labute approximate surface area is 248 Å². The van der Waals surface area contributed by atoms with Crippen molar-refractivity contribution in [2.24, 2.45) is 0 Å². The number of hydrogen-bond acceptors (Lipinski definition) is 1. The highest BCUT2D eigenvalue weighted by Gasteiger charge is 1.95. The van der Waals surface area contributed by atoms with Crippen LogP contribution in [0.5, 0.6) is 0 Å². The third-order valence-electron chi connectivity index (χ3n) is 8.10. The van der Waals surface area contributed by atoms with E-state index in [0.717, 1.165) is 13.2 Å². The third-order valence-corrected chi connectivity index (χ3v) is 8.10. The Bertz CT molecular complexity index is 423. The van der Waals surface area contributed by atoms with Crippen molar-refractivity contribution in [1.29, 1.82) is 0 Å². The summed E-state index contributed by atoms with van der Waals surface area (Å²) >= 11 is 0. The molecule has 1 heteroatoms. The molecule has 0 heterocycles. The summed E-state index contributed by atoms with van der Waals surface area (Å²) < 4.78 is 5.87. The van der Waals surface area contributed by atoms with E-state index in [1.54, 1.807) is 0 Å². The SMILES string of the molecule is CCCCCCCC/C=C\CCCCCCCCCOCCCCCCCCC/C=C\CCCCCCCC. The average Bonchev–Trinajstić information content (AvgIpc) is 2.95. The van der Waals surface area contributed by atoms with Crippen LogP contribution < -0.4 is 0 Å². The van der Waals surface area contributed by atoms with Gasteiger partial charge in [-0.2, -0.15) is 0 Å². The van der Waals surface area contributed by atoms with E-state index < -0.39 is 0 Å². The lowest BCUT2D eigenvalue weighted by atomic mass is 10.1. The lowest BCUT2D eigenvalue weighted by molar-refractivity contribution is 0.125. The summed E-state index contributed by atoms with van der Waals surface area (Å²) in [6.07, 6.45) is 51.1. The van der Waals surface area contributed by atoms with Crippen molar-refractivity contribution in [3.63, 3.8) is 0 Å². The topological polar surface area (TPSA) is 9.23 Å². The van der Waals surface area contributed by atoms with Gasteiger partial charge in [0.1, 0.15) is 0 Å². The largest absolute Gasteiger partial charge is 0.381 e. The molecule has 0 atom stereocenters. The van der Waals surface area contributed by atoms with Crippen LogP contribution in [0, 0.1) is 0 Å². The van der Waals surface area contributed by atoms with Crippen molar-refractivity contribution in [3.05, 3.63) is 24.3 Å². The Kier molecular flexibility index (Phi) is 36.9. The van der Waals surface area contributed by atoms with E-state index in [1.807, 2.05) is 0 Å². The minimum atomic E-state index is 0.982. The average molecular weight is 547 g/mol. The van der Waals surface area contributed by atoms with Gasteiger partial charge >= 0.3 is 0 Å². The molecular formula is C38H74O. The molecule has 232 valence electrons. The van der Waals surface area contributed by atoms with E-state index in [9.17, 15) is 0 Å². The summed E-state index contributed by atoms with van der Waals surface area (Å²) in [4.78, 5) is 0. The molecule has 0 fully saturated rings. The highest BCUT2D eigenvalue weighted by molar-refractivity contribution is 4.82. The predicted octanol–water partition coefficient (Wildman–Crippen LogP) is 13.9. The van der Waals surface area contributed by atoms with E-state index in [0.29, 0.717) is 0 Å². The summed E-state index contributed by atoms with van der Waals surface area (Å²) in [6.45, 7) is 6.55. The minimum Gasteiger partial charge on any atom is -0.381 e. The molecular weight excluding hydrogens is 472 g/mol. The van der Waals surface area contributed by atoms with Crippen molar-refractivity contribution in [2.45, 2.75) is 206 Å². The van der Waals surface area contributed by atoms with Crippen LogP contribution in [0.4, 0.5) is 0 Å². The minimum absolute atomic E-state index is 0.982. The maximum Gasteiger partial charge on any atom is 0.0466 e. The Hall–Kier alpha value is -0.560. The van der Waals surface area contributed by atoms with Crippen LogP contribution >= 0.6 is 0 Å². The fraction of sp³-hybridized carbons (Fsp3) is 0.895. The van der Waals surface area contributed by atoms with Crippen molar-refractivity contribution in [3.8, 4) is 0 Å². The van der Waals surface area contributed by atoms with Crippen LogP contribution in [0.1, 0.15) is 206 Å². The zero-order chi connectivity index (χ0) is 28.2. The Morgan fingerprint density at radius 2 is 0.513 bits per heavy atom. The van der Waals surface area contributed by atoms with Gasteiger partial charge in [0.15, 0.2) is 0 Å². The molecule has 0 rings (SSSR count). The van der Waals surface area contributed by atoms with Gasteiger partial charge in [0, 0.05) is 13.2 Å². The van der Waals surface area contributed by atoms with E-state index in [4.69, 9.17) is 4.74 Å². The van der Waals surface area contributed by atoms with Gasteiger partial charge in [0.25, 0.3) is 0 Å². The molecule has 0 aliphatic rings. The number of hydrogen-bond donors (Lipinski definition) is 0. The van der Waals surface area contributed by atoms with Gasteiger partial charge < -0.3 is 4.74 Å². The molecule has 0 amide bonds. The van der Waals surface area contributed by atoms with Crippen LogP contribution in [0.3, 0.4) is 0 Å². The molecule has 1 nitrogen and oxygen atoms in total. The number of allylic oxidation sites excluding steroid dienone is 4. The molecule has 0 spiro atoms. The Morgan fingerprint density at radius 1 is 0.282 bits per heavy atom. The van der Waals surface area contributed by atoms with E-state index in [1.165, 1.54) is 193 Å². The maximum absolute atomic E-state index is 5.87. The molecule has 0 bridgehead atoms. The summed E-state index contributed by atoms with van der Waals surface area (Å²) in [5.74, 6) is 0. The lowest BCUT2D eigenvalue weighted by Crippen LogP contribution is -1.97. The van der Waals surface area contributed by atoms with Gasteiger partial charge in [0.2, 0.25) is 0 Å². The molecule has 0 aliphatic heterocycles. The van der Waals surface area contributed by atoms with Crippen LogP contribution in [-0.2, 0) is 4.74 Å². The van der Waals surface area contributed by atoms with Crippen molar-refractivity contribution in [2.75, 3.05) is 13.2 Å². The predicted molar refractivity (Wildman–Crippen MR) is 179 cm³/mol. The van der Waals surface area contributed by atoms with E-state index in [2.05, 4.69) is 38.2 Å². The molecule has 39 heavy (non-hydrogen) atoms. The highest BCUT2D eigenvalue weighted by Crippen LogP contribution is 2.12. The van der Waals surface area contributed by atoms with Gasteiger partial charge in [-0.25, -0.2) is 0 Å². The van der Waals surface area contributed by atoms with Crippen molar-refractivity contribution >= 4 is 0 Å². The van der Waals surface area contributed by atoms with E-state index in [-0.39, 0.29) is 0 Å². The normalized spacial score (nSPS) is 11.9. The smallest absolute Gasteiger partial charge is 0.0466 e. The second-order valence-electron chi connectivity index (χ2n) is 12.2. The van der Waals surface area contributed by atoms with E-state index >= 15 is 0 Å². The molecule has 0 aromatic heterocycles. The number of rotatable bonds is 34. The maximum atomic E-state index is 5.87. The standard InChI is InChI=1S/C38H74O/c1-3-5-7-9-11-13-15-17-19-21-23-25-27-29-31-33-35-37-39-38-36-34-32-30-28-26-24-22-20-18-16-14-12-10-8-6-4-2/h17-20H,3-16,21-38H2,1-2H3/b19-17-,20-18-. The van der Waals surface area contributed by atoms with Crippen molar-refractivity contribution < 1.29 is 4.74 Å². The van der Waals surface area contributed by atoms with Crippen molar-refractivity contribution in [1.82, 2.24) is 0 Å². The molecule has 0 saturated carbocycles. The summed E-state index contributed by atoms with van der Waals surface area (Å²) in [5.41, 5.74) is 0. The zero-order valence-corrected chi connectivity index (χ0v) is 27.3. The van der Waals surface area contributed by atoms with Crippen LogP contribution in [-0.4, -0.2) is 13.2 Å². The van der Waals surface area contributed by atoms with Crippen LogP contribution in [0.2, 0.25) is 0 Å². The molecule has 0 radical (unpaired) electrons. The first-order chi connectivity index (χ1) is 19.4. The fourth-order valence-corrected chi connectivity index (χ4v) is 5.36. The Morgan fingerprint density at radius 3 is 0.795 bits per heavy atom. The van der Waals surface area contributed by atoms with Crippen LogP contribution in [0.25, 0.3) is 0 Å². The number of ether oxygens (including phenoxy) is 1.